The van der Waals surface area contributed by atoms with Gasteiger partial charge in [-0.2, -0.15) is 0 Å². The Labute approximate surface area is 489 Å². The van der Waals surface area contributed by atoms with Gasteiger partial charge in [-0.3, -0.25) is 0 Å². The van der Waals surface area contributed by atoms with Gasteiger partial charge >= 0.3 is 0 Å². The highest BCUT2D eigenvalue weighted by Crippen LogP contribution is 2.59. The van der Waals surface area contributed by atoms with Crippen molar-refractivity contribution in [2.75, 3.05) is 9.80 Å². The number of furan rings is 2. The molecule has 6 nitrogen and oxygen atoms in total. The number of anilines is 6. The molecule has 0 amide bonds. The number of hydrogen-bond donors (Lipinski definition) is 0. The fraction of sp³-hybridized carbons (Fsp3) is 0.0380. The minimum absolute atomic E-state index is 0.502. The Balaban J connectivity index is 0.896. The van der Waals surface area contributed by atoms with Crippen molar-refractivity contribution in [2.24, 2.45) is 0 Å². The maximum absolute atomic E-state index is 6.37. The number of para-hydroxylation sites is 6. The summed E-state index contributed by atoms with van der Waals surface area (Å²) in [5.74, 6) is 0. The van der Waals surface area contributed by atoms with Gasteiger partial charge in [-0.25, -0.2) is 0 Å². The molecule has 6 heteroatoms. The predicted octanol–water partition coefficient (Wildman–Crippen LogP) is 22.1. The molecular weight excluding hydrogens is 1040 g/mol. The lowest BCUT2D eigenvalue weighted by molar-refractivity contribution is 0.667. The molecule has 0 atom stereocenters. The van der Waals surface area contributed by atoms with Crippen molar-refractivity contribution in [3.63, 3.8) is 0 Å². The lowest BCUT2D eigenvalue weighted by Crippen LogP contribution is -2.18. The number of nitrogens with zero attached hydrogens (tertiary/aromatic N) is 4. The summed E-state index contributed by atoms with van der Waals surface area (Å²) < 4.78 is 17.9. The lowest BCUT2D eigenvalue weighted by Gasteiger charge is -2.26. The molecule has 4 heterocycles. The van der Waals surface area contributed by atoms with E-state index in [0.29, 0.717) is 0 Å². The molecule has 0 unspecified atom stereocenters. The van der Waals surface area contributed by atoms with Crippen LogP contribution in [0.15, 0.2) is 288 Å². The van der Waals surface area contributed by atoms with E-state index < -0.39 is 5.41 Å². The number of rotatable bonds is 8. The Morgan fingerprint density at radius 2 is 0.706 bits per heavy atom. The molecule has 1 aliphatic rings. The summed E-state index contributed by atoms with van der Waals surface area (Å²) in [5, 5.41) is 11.8. The van der Waals surface area contributed by atoms with Gasteiger partial charge in [0.15, 0.2) is 0 Å². The topological polar surface area (TPSA) is 42.6 Å². The van der Waals surface area contributed by atoms with Crippen molar-refractivity contribution >= 4 is 132 Å². The van der Waals surface area contributed by atoms with E-state index in [1.165, 1.54) is 65.6 Å². The third-order valence-electron chi connectivity index (χ3n) is 18.1. The van der Waals surface area contributed by atoms with Gasteiger partial charge in [0.25, 0.3) is 0 Å². The SMILES string of the molecule is CC1(C)c2c(ccc3c4ccc(N(c5ccccc5)c5ccc6oc7ccccc7c6c5)cc4n(-c4ccccc4)c23)-c2c1c1c(c3ccccc23)c2ccc(N(c3ccccc3)c3ccc4oc5ccccc5c4c3)cc2n1-c1ccccc1. The molecule has 400 valence electrons. The minimum Gasteiger partial charge on any atom is -0.456 e. The second-order valence-electron chi connectivity index (χ2n) is 23.2. The van der Waals surface area contributed by atoms with Crippen molar-refractivity contribution in [3.05, 3.63) is 290 Å². The van der Waals surface area contributed by atoms with E-state index in [-0.39, 0.29) is 0 Å². The van der Waals surface area contributed by atoms with Crippen LogP contribution in [-0.2, 0) is 5.41 Å². The van der Waals surface area contributed by atoms with Crippen LogP contribution in [0.3, 0.4) is 0 Å². The van der Waals surface area contributed by atoms with E-state index in [2.05, 4.69) is 288 Å². The Kier molecular flexibility index (Phi) is 10.0. The van der Waals surface area contributed by atoms with Crippen molar-refractivity contribution in [1.82, 2.24) is 9.13 Å². The maximum Gasteiger partial charge on any atom is 0.135 e. The first kappa shape index (κ1) is 47.5. The lowest BCUT2D eigenvalue weighted by atomic mass is 9.80. The summed E-state index contributed by atoms with van der Waals surface area (Å²) >= 11 is 0. The molecule has 18 rings (SSSR count). The molecule has 0 saturated heterocycles. The van der Waals surface area contributed by atoms with Crippen molar-refractivity contribution < 1.29 is 8.83 Å². The summed E-state index contributed by atoms with van der Waals surface area (Å²) in [6.07, 6.45) is 0. The molecule has 85 heavy (non-hydrogen) atoms. The standard InChI is InChI=1S/C79H52N4O2/c1-79(2)75-64(42-41-62-57-39-35-55(47-67(57)82(77(62)75)51-25-11-5-12-26-51)80(49-21-7-3-8-22-49)53-37-43-71-65(45-53)58-29-17-19-33-69(58)84-71)73-60-31-15-16-32-61(60)74-63-40-36-56(48-68(63)83(78(74)76(73)79)52-27-13-6-14-28-52)81(50-23-9-4-10-24-50)54-38-44-72-66(46-54)59-30-18-20-34-70(59)85-72/h3-48H,1-2H3. The van der Waals surface area contributed by atoms with Crippen LogP contribution >= 0.6 is 0 Å². The summed E-state index contributed by atoms with van der Waals surface area (Å²) in [6, 6.07) is 101. The van der Waals surface area contributed by atoms with Gasteiger partial charge in [-0.15, -0.1) is 0 Å². The van der Waals surface area contributed by atoms with Gasteiger partial charge in [-0.05, 0) is 154 Å². The van der Waals surface area contributed by atoms with E-state index in [0.717, 1.165) is 100 Å². The van der Waals surface area contributed by atoms with Crippen molar-refractivity contribution in [1.29, 1.82) is 0 Å². The first-order valence-corrected chi connectivity index (χ1v) is 29.2. The van der Waals surface area contributed by atoms with Crippen LogP contribution in [-0.4, -0.2) is 9.13 Å². The molecule has 0 radical (unpaired) electrons. The maximum atomic E-state index is 6.37. The monoisotopic (exact) mass is 1090 g/mol. The van der Waals surface area contributed by atoms with E-state index in [1.54, 1.807) is 0 Å². The molecule has 0 bridgehead atoms. The van der Waals surface area contributed by atoms with Crippen LogP contribution in [0.5, 0.6) is 0 Å². The molecule has 0 N–H and O–H groups in total. The summed E-state index contributed by atoms with van der Waals surface area (Å²) in [4.78, 5) is 4.77. The number of hydrogen-bond acceptors (Lipinski definition) is 4. The van der Waals surface area contributed by atoms with Crippen LogP contribution < -0.4 is 9.80 Å². The Morgan fingerprint density at radius 1 is 0.294 bits per heavy atom. The van der Waals surface area contributed by atoms with E-state index in [4.69, 9.17) is 8.83 Å². The first-order chi connectivity index (χ1) is 41.9. The zero-order valence-corrected chi connectivity index (χ0v) is 46.7. The second-order valence-corrected chi connectivity index (χ2v) is 23.2. The summed E-state index contributed by atoms with van der Waals surface area (Å²) in [5.41, 5.74) is 21.5. The fourth-order valence-corrected chi connectivity index (χ4v) is 14.6. The molecule has 0 saturated carbocycles. The zero-order chi connectivity index (χ0) is 56.1. The third-order valence-corrected chi connectivity index (χ3v) is 18.1. The highest BCUT2D eigenvalue weighted by Gasteiger charge is 2.43. The highest BCUT2D eigenvalue weighted by atomic mass is 16.3. The number of fused-ring (bicyclic) bond motifs is 20. The smallest absolute Gasteiger partial charge is 0.135 e. The van der Waals surface area contributed by atoms with Gasteiger partial charge in [0, 0.05) is 94.0 Å². The molecule has 0 aliphatic heterocycles. The fourth-order valence-electron chi connectivity index (χ4n) is 14.6. The van der Waals surface area contributed by atoms with Gasteiger partial charge in [0.05, 0.1) is 22.1 Å². The van der Waals surface area contributed by atoms with Gasteiger partial charge in [0.2, 0.25) is 0 Å². The summed E-state index contributed by atoms with van der Waals surface area (Å²) in [6.45, 7) is 4.95. The quantitative estimate of drug-likeness (QED) is 0.152. The van der Waals surface area contributed by atoms with Gasteiger partial charge < -0.3 is 27.8 Å². The molecular formula is C79H52N4O2. The van der Waals surface area contributed by atoms with Crippen LogP contribution in [0.1, 0.15) is 25.0 Å². The largest absolute Gasteiger partial charge is 0.456 e. The van der Waals surface area contributed by atoms with Gasteiger partial charge in [-0.1, -0.05) is 172 Å². The second kappa shape index (κ2) is 18.0. The first-order valence-electron chi connectivity index (χ1n) is 29.2. The Morgan fingerprint density at radius 3 is 1.26 bits per heavy atom. The van der Waals surface area contributed by atoms with Crippen LogP contribution in [0.4, 0.5) is 34.1 Å². The summed E-state index contributed by atoms with van der Waals surface area (Å²) in [7, 11) is 0. The van der Waals surface area contributed by atoms with Crippen LogP contribution in [0.2, 0.25) is 0 Å². The molecule has 17 aromatic rings. The Bertz CT molecular complexity index is 5580. The molecule has 0 fully saturated rings. The minimum atomic E-state index is -0.502. The van der Waals surface area contributed by atoms with E-state index in [1.807, 2.05) is 24.3 Å². The molecule has 1 aliphatic carbocycles. The molecule has 13 aromatic carbocycles. The van der Waals surface area contributed by atoms with Gasteiger partial charge in [0.1, 0.15) is 22.3 Å². The Hall–Kier alpha value is -11.1. The number of aromatic nitrogens is 2. The van der Waals surface area contributed by atoms with Crippen molar-refractivity contribution in [2.45, 2.75) is 19.3 Å². The average molecular weight is 1090 g/mol. The zero-order valence-electron chi connectivity index (χ0n) is 46.7. The van der Waals surface area contributed by atoms with Crippen LogP contribution in [0.25, 0.3) is 121 Å². The highest BCUT2D eigenvalue weighted by molar-refractivity contribution is 6.28. The molecule has 4 aromatic heterocycles. The molecule has 0 spiro atoms. The van der Waals surface area contributed by atoms with E-state index in [9.17, 15) is 0 Å². The van der Waals surface area contributed by atoms with Crippen molar-refractivity contribution in [3.8, 4) is 22.5 Å². The normalized spacial score (nSPS) is 12.9. The van der Waals surface area contributed by atoms with E-state index >= 15 is 0 Å². The third kappa shape index (κ3) is 6.88. The predicted molar refractivity (Wildman–Crippen MR) is 354 cm³/mol. The average Bonchev–Trinajstić information content (AvgIpc) is 1.56. The number of benzene rings is 13. The van der Waals surface area contributed by atoms with Crippen LogP contribution in [0, 0.1) is 0 Å².